The standard InChI is InChI=1S/C17H21N3O2S/c1-4-20(5-2)13-8-9-14(12(3)11-13)18-17(23)19-16(21)15-7-6-10-22-15/h6-11H,4-5H2,1-3H3,(H2,18,19,21,23). The van der Waals surface area contributed by atoms with E-state index in [9.17, 15) is 4.79 Å². The number of thiocarbonyl (C=S) groups is 1. The number of nitrogens with zero attached hydrogens (tertiary/aromatic N) is 1. The summed E-state index contributed by atoms with van der Waals surface area (Å²) < 4.78 is 5.03. The molecule has 2 rings (SSSR count). The lowest BCUT2D eigenvalue weighted by Crippen LogP contribution is -2.34. The number of carbonyl (C=O) groups is 1. The minimum Gasteiger partial charge on any atom is -0.459 e. The Balaban J connectivity index is 2.02. The van der Waals surface area contributed by atoms with Crippen LogP contribution in [0, 0.1) is 6.92 Å². The summed E-state index contributed by atoms with van der Waals surface area (Å²) in [5.74, 6) is -0.146. The Bertz CT molecular complexity index is 679. The summed E-state index contributed by atoms with van der Waals surface area (Å²) in [7, 11) is 0. The van der Waals surface area contributed by atoms with Gasteiger partial charge in [-0.2, -0.15) is 0 Å². The normalized spacial score (nSPS) is 10.2. The van der Waals surface area contributed by atoms with Crippen LogP contribution < -0.4 is 15.5 Å². The van der Waals surface area contributed by atoms with E-state index in [2.05, 4.69) is 35.4 Å². The highest BCUT2D eigenvalue weighted by molar-refractivity contribution is 7.80. The van der Waals surface area contributed by atoms with Crippen molar-refractivity contribution in [3.8, 4) is 0 Å². The first-order valence-electron chi connectivity index (χ1n) is 7.56. The summed E-state index contributed by atoms with van der Waals surface area (Å²) in [4.78, 5) is 14.1. The Kier molecular flexibility index (Phi) is 5.76. The Morgan fingerprint density at radius 3 is 2.57 bits per heavy atom. The van der Waals surface area contributed by atoms with Crippen molar-refractivity contribution in [1.82, 2.24) is 5.32 Å². The van der Waals surface area contributed by atoms with Gasteiger partial charge in [-0.3, -0.25) is 10.1 Å². The van der Waals surface area contributed by atoms with Crippen molar-refractivity contribution in [2.75, 3.05) is 23.3 Å². The van der Waals surface area contributed by atoms with Crippen LogP contribution in [0.15, 0.2) is 41.0 Å². The zero-order valence-corrected chi connectivity index (χ0v) is 14.4. The lowest BCUT2D eigenvalue weighted by atomic mass is 10.1. The van der Waals surface area contributed by atoms with Crippen LogP contribution >= 0.6 is 12.2 Å². The molecule has 0 aliphatic carbocycles. The Hall–Kier alpha value is -2.34. The molecule has 0 atom stereocenters. The Morgan fingerprint density at radius 1 is 1.26 bits per heavy atom. The maximum atomic E-state index is 11.9. The van der Waals surface area contributed by atoms with Crippen molar-refractivity contribution in [1.29, 1.82) is 0 Å². The highest BCUT2D eigenvalue weighted by Crippen LogP contribution is 2.22. The lowest BCUT2D eigenvalue weighted by Gasteiger charge is -2.22. The van der Waals surface area contributed by atoms with E-state index in [0.717, 1.165) is 24.3 Å². The molecule has 0 fully saturated rings. The molecule has 2 N–H and O–H groups in total. The first kappa shape index (κ1) is 17.0. The van der Waals surface area contributed by atoms with E-state index in [-0.39, 0.29) is 16.8 Å². The van der Waals surface area contributed by atoms with Crippen LogP contribution in [-0.4, -0.2) is 24.1 Å². The molecule has 2 aromatic rings. The van der Waals surface area contributed by atoms with E-state index in [1.165, 1.54) is 12.0 Å². The predicted octanol–water partition coefficient (Wildman–Crippen LogP) is 3.56. The topological polar surface area (TPSA) is 57.5 Å². The summed E-state index contributed by atoms with van der Waals surface area (Å²) in [5, 5.41) is 5.88. The van der Waals surface area contributed by atoms with Crippen molar-refractivity contribution in [3.63, 3.8) is 0 Å². The molecule has 1 aromatic heterocycles. The van der Waals surface area contributed by atoms with Gasteiger partial charge in [0.05, 0.1) is 6.26 Å². The zero-order chi connectivity index (χ0) is 16.8. The van der Waals surface area contributed by atoms with Crippen molar-refractivity contribution in [2.24, 2.45) is 0 Å². The molecule has 6 heteroatoms. The number of nitrogens with one attached hydrogen (secondary N) is 2. The third-order valence-electron chi connectivity index (χ3n) is 3.56. The van der Waals surface area contributed by atoms with Crippen molar-refractivity contribution in [2.45, 2.75) is 20.8 Å². The molecule has 0 saturated carbocycles. The zero-order valence-electron chi connectivity index (χ0n) is 13.6. The van der Waals surface area contributed by atoms with E-state index in [1.54, 1.807) is 12.1 Å². The fourth-order valence-electron chi connectivity index (χ4n) is 2.30. The summed E-state index contributed by atoms with van der Waals surface area (Å²) in [6, 6.07) is 9.35. The molecule has 0 spiro atoms. The van der Waals surface area contributed by atoms with Gasteiger partial charge in [-0.25, -0.2) is 0 Å². The molecule has 0 unspecified atom stereocenters. The van der Waals surface area contributed by atoms with Crippen molar-refractivity contribution < 1.29 is 9.21 Å². The third-order valence-corrected chi connectivity index (χ3v) is 3.76. The van der Waals surface area contributed by atoms with Crippen molar-refractivity contribution in [3.05, 3.63) is 47.9 Å². The maximum Gasteiger partial charge on any atom is 0.293 e. The number of rotatable bonds is 5. The summed E-state index contributed by atoms with van der Waals surface area (Å²) in [5.41, 5.74) is 3.10. The van der Waals surface area contributed by atoms with E-state index >= 15 is 0 Å². The van der Waals surface area contributed by atoms with Gasteiger partial charge in [-0.15, -0.1) is 0 Å². The quantitative estimate of drug-likeness (QED) is 0.821. The second kappa shape index (κ2) is 7.78. The number of aryl methyl sites for hydroxylation is 1. The summed E-state index contributed by atoms with van der Waals surface area (Å²) in [6.45, 7) is 8.18. The summed E-state index contributed by atoms with van der Waals surface area (Å²) >= 11 is 5.18. The van der Waals surface area contributed by atoms with Crippen LogP contribution in [0.3, 0.4) is 0 Å². The van der Waals surface area contributed by atoms with Gasteiger partial charge in [0.2, 0.25) is 0 Å². The predicted molar refractivity (Wildman–Crippen MR) is 97.1 cm³/mol. The molecule has 23 heavy (non-hydrogen) atoms. The van der Waals surface area contributed by atoms with Crippen LogP contribution in [0.2, 0.25) is 0 Å². The first-order chi connectivity index (χ1) is 11.0. The van der Waals surface area contributed by atoms with Gasteiger partial charge in [0.15, 0.2) is 10.9 Å². The van der Waals surface area contributed by atoms with Gasteiger partial charge in [-0.05, 0) is 68.9 Å². The molecule has 1 amide bonds. The van der Waals surface area contributed by atoms with E-state index in [1.807, 2.05) is 19.1 Å². The average Bonchev–Trinajstić information content (AvgIpc) is 3.05. The first-order valence-corrected chi connectivity index (χ1v) is 7.97. The van der Waals surface area contributed by atoms with Gasteiger partial charge in [0.1, 0.15) is 0 Å². The van der Waals surface area contributed by atoms with Crippen molar-refractivity contribution >= 4 is 34.6 Å². The molecule has 0 aliphatic rings. The monoisotopic (exact) mass is 331 g/mol. The van der Waals surface area contributed by atoms with Crippen LogP contribution in [-0.2, 0) is 0 Å². The molecule has 0 saturated heterocycles. The minimum absolute atomic E-state index is 0.225. The van der Waals surface area contributed by atoms with Gasteiger partial charge in [-0.1, -0.05) is 0 Å². The molecular weight excluding hydrogens is 310 g/mol. The minimum atomic E-state index is -0.370. The SMILES string of the molecule is CCN(CC)c1ccc(NC(=S)NC(=O)c2ccco2)c(C)c1. The van der Waals surface area contributed by atoms with E-state index in [4.69, 9.17) is 16.6 Å². The molecule has 0 aliphatic heterocycles. The second-order valence-electron chi connectivity index (χ2n) is 5.06. The smallest absolute Gasteiger partial charge is 0.293 e. The molecule has 1 aromatic carbocycles. The fraction of sp³-hybridized carbons (Fsp3) is 0.294. The maximum absolute atomic E-state index is 11.9. The molecule has 1 heterocycles. The highest BCUT2D eigenvalue weighted by atomic mass is 32.1. The van der Waals surface area contributed by atoms with Crippen LogP contribution in [0.25, 0.3) is 0 Å². The van der Waals surface area contributed by atoms with Gasteiger partial charge in [0.25, 0.3) is 5.91 Å². The number of hydrogen-bond acceptors (Lipinski definition) is 4. The average molecular weight is 331 g/mol. The number of carbonyl (C=O) groups excluding carboxylic acids is 1. The molecule has 5 nitrogen and oxygen atoms in total. The number of furan rings is 1. The van der Waals surface area contributed by atoms with Crippen LogP contribution in [0.1, 0.15) is 30.0 Å². The number of anilines is 2. The van der Waals surface area contributed by atoms with Crippen LogP contribution in [0.4, 0.5) is 11.4 Å². The lowest BCUT2D eigenvalue weighted by molar-refractivity contribution is 0.0950. The molecule has 0 radical (unpaired) electrons. The Morgan fingerprint density at radius 2 is 2.00 bits per heavy atom. The fourth-order valence-corrected chi connectivity index (χ4v) is 2.50. The third kappa shape index (κ3) is 4.32. The van der Waals surface area contributed by atoms with Crippen LogP contribution in [0.5, 0.6) is 0 Å². The molecular formula is C17H21N3O2S. The van der Waals surface area contributed by atoms with E-state index in [0.29, 0.717) is 0 Å². The molecule has 0 bridgehead atoms. The van der Waals surface area contributed by atoms with Gasteiger partial charge in [0, 0.05) is 24.5 Å². The number of hydrogen-bond donors (Lipinski definition) is 2. The summed E-state index contributed by atoms with van der Waals surface area (Å²) in [6.07, 6.45) is 1.45. The number of benzene rings is 1. The Labute approximate surface area is 141 Å². The molecule has 122 valence electrons. The second-order valence-corrected chi connectivity index (χ2v) is 5.47. The number of amides is 1. The van der Waals surface area contributed by atoms with Gasteiger partial charge < -0.3 is 14.6 Å². The largest absolute Gasteiger partial charge is 0.459 e. The van der Waals surface area contributed by atoms with Gasteiger partial charge >= 0.3 is 0 Å². The van der Waals surface area contributed by atoms with E-state index < -0.39 is 0 Å². The highest BCUT2D eigenvalue weighted by Gasteiger charge is 2.11.